The van der Waals surface area contributed by atoms with Gasteiger partial charge in [-0.25, -0.2) is 0 Å². The van der Waals surface area contributed by atoms with Gasteiger partial charge in [0.25, 0.3) is 0 Å². The Morgan fingerprint density at radius 3 is 1.17 bits per heavy atom. The van der Waals surface area contributed by atoms with Crippen LogP contribution in [0.25, 0.3) is 0 Å². The van der Waals surface area contributed by atoms with E-state index >= 15 is 0 Å². The molecule has 0 aromatic heterocycles. The Kier molecular flexibility index (Phi) is 17.8. The number of hydrogen-bond donors (Lipinski definition) is 0. The van der Waals surface area contributed by atoms with Gasteiger partial charge in [-0.3, -0.25) is 4.57 Å². The zero-order valence-corrected chi connectivity index (χ0v) is 16.3. The van der Waals surface area contributed by atoms with Gasteiger partial charge >= 0.3 is 7.60 Å². The Morgan fingerprint density at radius 1 is 0.583 bits per heavy atom. The normalized spacial score (nSPS) is 12.0. The number of rotatable bonds is 19. The highest BCUT2D eigenvalue weighted by Gasteiger charge is 2.26. The molecule has 0 aromatic rings. The molecular weight excluding hydrogens is 333 g/mol. The van der Waals surface area contributed by atoms with Gasteiger partial charge < -0.3 is 0 Å². The van der Waals surface area contributed by atoms with E-state index in [9.17, 15) is 13.6 Å². The summed E-state index contributed by atoms with van der Waals surface area (Å²) in [5.74, 6) is 0. The van der Waals surface area contributed by atoms with Crippen molar-refractivity contribution in [2.45, 2.75) is 110 Å². The fourth-order valence-corrected chi connectivity index (χ4v) is 3.70. The average Bonchev–Trinajstić information content (AvgIpc) is 2.61. The maximum Gasteiger partial charge on any atom is 0.394 e. The molecule has 0 unspecified atom stereocenters. The molecule has 0 saturated heterocycles. The van der Waals surface area contributed by atoms with Crippen LogP contribution in [-0.4, -0.2) is 6.16 Å². The zero-order valence-electron chi connectivity index (χ0n) is 15.4. The predicted octanol–water partition coefficient (Wildman–Crippen LogP) is 8.24. The van der Waals surface area contributed by atoms with Crippen molar-refractivity contribution in [2.24, 2.45) is 0 Å². The van der Waals surface area contributed by atoms with Crippen LogP contribution in [0.3, 0.4) is 0 Å². The molecule has 0 N–H and O–H groups in total. The maximum atomic E-state index is 11.8. The Bertz CT molecular complexity index is 296. The van der Waals surface area contributed by atoms with E-state index < -0.39 is 7.60 Å². The third-order valence-corrected chi connectivity index (χ3v) is 5.78. The molecule has 0 spiro atoms. The Labute approximate surface area is 147 Å². The average molecular weight is 370 g/mol. The van der Waals surface area contributed by atoms with Gasteiger partial charge in [-0.1, -0.05) is 103 Å². The standard InChI is InChI=1S/C18H37F2O3P/c1-2-3-4-5-6-7-8-9-10-11-12-13-14-15-16-17-18-24(21,22-19)23-20/h2-18H2,1H3. The lowest BCUT2D eigenvalue weighted by Gasteiger charge is -2.06. The predicted molar refractivity (Wildman–Crippen MR) is 96.4 cm³/mol. The van der Waals surface area contributed by atoms with Crippen molar-refractivity contribution in [3.8, 4) is 0 Å². The fourth-order valence-electron chi connectivity index (χ4n) is 2.93. The van der Waals surface area contributed by atoms with Crippen LogP contribution in [-0.2, 0) is 14.0 Å². The van der Waals surface area contributed by atoms with Crippen LogP contribution in [0.15, 0.2) is 0 Å². The Balaban J connectivity index is 3.14. The maximum absolute atomic E-state index is 11.8. The lowest BCUT2D eigenvalue weighted by molar-refractivity contribution is -0.0875. The molecular formula is C18H37F2O3P. The van der Waals surface area contributed by atoms with Crippen LogP contribution in [0.2, 0.25) is 0 Å². The first kappa shape index (κ1) is 24.0. The Hall–Kier alpha value is 0.01000. The van der Waals surface area contributed by atoms with Gasteiger partial charge in [0.05, 0.1) is 6.16 Å². The van der Waals surface area contributed by atoms with E-state index in [4.69, 9.17) is 0 Å². The van der Waals surface area contributed by atoms with Gasteiger partial charge in [0.1, 0.15) is 0 Å². The lowest BCUT2D eigenvalue weighted by atomic mass is 10.0. The van der Waals surface area contributed by atoms with Crippen molar-refractivity contribution in [3.63, 3.8) is 0 Å². The molecule has 3 nitrogen and oxygen atoms in total. The SMILES string of the molecule is CCCCCCCCCCCCCCCCCCP(=O)(OF)OF. The van der Waals surface area contributed by atoms with E-state index in [2.05, 4.69) is 16.4 Å². The summed E-state index contributed by atoms with van der Waals surface area (Å²) in [7, 11) is -4.10. The monoisotopic (exact) mass is 370 g/mol. The van der Waals surface area contributed by atoms with Crippen LogP contribution in [0.4, 0.5) is 9.05 Å². The van der Waals surface area contributed by atoms with Crippen molar-refractivity contribution in [2.75, 3.05) is 6.16 Å². The summed E-state index contributed by atoms with van der Waals surface area (Å²) in [5.41, 5.74) is 0. The second-order valence-electron chi connectivity index (χ2n) is 6.78. The molecule has 0 aliphatic carbocycles. The van der Waals surface area contributed by atoms with Crippen LogP contribution >= 0.6 is 7.60 Å². The third-order valence-electron chi connectivity index (χ3n) is 4.50. The van der Waals surface area contributed by atoms with Crippen molar-refractivity contribution < 1.29 is 23.1 Å². The van der Waals surface area contributed by atoms with Crippen LogP contribution in [0.1, 0.15) is 110 Å². The summed E-state index contributed by atoms with van der Waals surface area (Å²) in [4.78, 5) is 0. The van der Waals surface area contributed by atoms with Crippen LogP contribution in [0, 0.1) is 0 Å². The summed E-state index contributed by atoms with van der Waals surface area (Å²) in [6, 6.07) is 0. The van der Waals surface area contributed by atoms with Gasteiger partial charge in [0.15, 0.2) is 0 Å². The molecule has 0 heterocycles. The minimum absolute atomic E-state index is 0.196. The molecule has 24 heavy (non-hydrogen) atoms. The zero-order chi connectivity index (χ0) is 17.9. The number of halogens is 2. The quantitative estimate of drug-likeness (QED) is 0.170. The fraction of sp³-hybridized carbons (Fsp3) is 1.00. The van der Waals surface area contributed by atoms with Crippen LogP contribution in [0.5, 0.6) is 0 Å². The molecule has 0 saturated carbocycles. The highest BCUT2D eigenvalue weighted by molar-refractivity contribution is 7.53. The van der Waals surface area contributed by atoms with Gasteiger partial charge in [0, 0.05) is 0 Å². The second kappa shape index (κ2) is 17.8. The third kappa shape index (κ3) is 15.5. The minimum Gasteiger partial charge on any atom is -0.255 e. The molecule has 0 fully saturated rings. The summed E-state index contributed by atoms with van der Waals surface area (Å²) < 4.78 is 40.9. The molecule has 0 bridgehead atoms. The topological polar surface area (TPSA) is 35.5 Å². The van der Waals surface area contributed by atoms with Gasteiger partial charge in [-0.05, 0) is 15.5 Å². The summed E-state index contributed by atoms with van der Waals surface area (Å²) in [6.07, 6.45) is 19.3. The smallest absolute Gasteiger partial charge is 0.255 e. The van der Waals surface area contributed by atoms with E-state index in [1.54, 1.807) is 0 Å². The first-order valence-electron chi connectivity index (χ1n) is 9.88. The van der Waals surface area contributed by atoms with E-state index in [1.165, 1.54) is 77.0 Å². The molecule has 0 aliphatic rings. The second-order valence-corrected chi connectivity index (χ2v) is 8.72. The van der Waals surface area contributed by atoms with E-state index in [-0.39, 0.29) is 6.16 Å². The van der Waals surface area contributed by atoms with Crippen molar-refractivity contribution in [1.82, 2.24) is 0 Å². The first-order valence-corrected chi connectivity index (χ1v) is 11.6. The van der Waals surface area contributed by atoms with E-state index in [0.29, 0.717) is 6.42 Å². The van der Waals surface area contributed by atoms with E-state index in [0.717, 1.165) is 19.3 Å². The van der Waals surface area contributed by atoms with Gasteiger partial charge in [-0.2, -0.15) is 0 Å². The first-order chi connectivity index (χ1) is 11.7. The number of hydrogen-bond acceptors (Lipinski definition) is 3. The molecule has 0 atom stereocenters. The summed E-state index contributed by atoms with van der Waals surface area (Å²) in [6.45, 7) is 2.25. The van der Waals surface area contributed by atoms with Crippen LogP contribution < -0.4 is 0 Å². The highest BCUT2D eigenvalue weighted by atomic mass is 31.2. The Morgan fingerprint density at radius 2 is 0.875 bits per heavy atom. The lowest BCUT2D eigenvalue weighted by Crippen LogP contribution is -1.91. The molecule has 146 valence electrons. The van der Waals surface area contributed by atoms with Crippen molar-refractivity contribution >= 4 is 7.60 Å². The molecule has 0 aromatic carbocycles. The van der Waals surface area contributed by atoms with Gasteiger partial charge in [-0.15, -0.1) is 9.46 Å². The molecule has 0 amide bonds. The molecule has 6 heteroatoms. The van der Waals surface area contributed by atoms with Crippen molar-refractivity contribution in [3.05, 3.63) is 0 Å². The van der Waals surface area contributed by atoms with E-state index in [1.807, 2.05) is 0 Å². The van der Waals surface area contributed by atoms with Crippen molar-refractivity contribution in [1.29, 1.82) is 0 Å². The van der Waals surface area contributed by atoms with Gasteiger partial charge in [0.2, 0.25) is 0 Å². The molecule has 0 rings (SSSR count). The molecule has 0 radical (unpaired) electrons. The number of unbranched alkanes of at least 4 members (excludes halogenated alkanes) is 15. The summed E-state index contributed by atoms with van der Waals surface area (Å²) in [5, 5.41) is 0. The molecule has 0 aliphatic heterocycles. The highest BCUT2D eigenvalue weighted by Crippen LogP contribution is 2.49. The largest absolute Gasteiger partial charge is 0.394 e. The minimum atomic E-state index is -4.10. The summed E-state index contributed by atoms with van der Waals surface area (Å²) >= 11 is 0.